The second-order valence-electron chi connectivity index (χ2n) is 21.1. The van der Waals surface area contributed by atoms with E-state index in [1.807, 2.05) is 46.7 Å². The molecule has 78 heavy (non-hydrogen) atoms. The maximum absolute atomic E-state index is 14.3. The molecule has 0 radical (unpaired) electrons. The Balaban J connectivity index is 0.900. The van der Waals surface area contributed by atoms with E-state index in [4.69, 9.17) is 4.74 Å². The van der Waals surface area contributed by atoms with Gasteiger partial charge in [0.1, 0.15) is 24.2 Å². The lowest BCUT2D eigenvalue weighted by molar-refractivity contribution is -0.155. The number of carboxylic acid groups (broad SMARTS) is 3. The number of anilines is 1. The van der Waals surface area contributed by atoms with Gasteiger partial charge < -0.3 is 62.0 Å². The summed E-state index contributed by atoms with van der Waals surface area (Å²) in [7, 11) is 0. The maximum Gasteiger partial charge on any atom is 0.317 e. The number of hydrogen-bond donors (Lipinski definition) is 10. The molecule has 432 valence electrons. The number of benzene rings is 1. The molecule has 5 aliphatic rings. The van der Waals surface area contributed by atoms with Gasteiger partial charge in [-0.1, -0.05) is 38.5 Å². The third-order valence-corrected chi connectivity index (χ3v) is 15.3. The molecular weight excluding hydrogens is 1020 g/mol. The summed E-state index contributed by atoms with van der Waals surface area (Å²) in [5, 5.41) is 55.2. The summed E-state index contributed by atoms with van der Waals surface area (Å²) in [5.41, 5.74) is 2.28. The molecule has 1 aromatic carbocycles. The van der Waals surface area contributed by atoms with E-state index in [0.29, 0.717) is 89.8 Å². The molecular formula is C52H79N11O15. The molecule has 26 heteroatoms. The number of hydrogen-bond acceptors (Lipinski definition) is 17. The zero-order valence-electron chi connectivity index (χ0n) is 44.8. The fraction of sp³-hybridized carbons (Fsp3) is 0.692. The summed E-state index contributed by atoms with van der Waals surface area (Å²) in [4.78, 5) is 137. The fourth-order valence-electron chi connectivity index (χ4n) is 10.8. The quantitative estimate of drug-likeness (QED) is 0.0316. The van der Waals surface area contributed by atoms with Gasteiger partial charge in [0.15, 0.2) is 0 Å². The molecule has 5 aliphatic heterocycles. The van der Waals surface area contributed by atoms with Gasteiger partial charge in [0, 0.05) is 78.2 Å². The fourth-order valence-corrected chi connectivity index (χ4v) is 10.8. The van der Waals surface area contributed by atoms with E-state index in [9.17, 15) is 68.4 Å². The Morgan fingerprint density at radius 2 is 1.35 bits per heavy atom. The number of para-hydroxylation sites is 1. The first-order chi connectivity index (χ1) is 37.3. The summed E-state index contributed by atoms with van der Waals surface area (Å²) in [6.07, 6.45) is 1.25. The Bertz CT molecular complexity index is 2290. The third-order valence-electron chi connectivity index (χ3n) is 15.3. The average molecular weight is 1100 g/mol. The zero-order valence-corrected chi connectivity index (χ0v) is 44.8. The summed E-state index contributed by atoms with van der Waals surface area (Å²) in [5.74, 6) is -6.37. The van der Waals surface area contributed by atoms with Crippen LogP contribution >= 0.6 is 0 Å². The van der Waals surface area contributed by atoms with Gasteiger partial charge in [-0.15, -0.1) is 0 Å². The van der Waals surface area contributed by atoms with Crippen LogP contribution in [-0.2, 0) is 65.5 Å². The van der Waals surface area contributed by atoms with E-state index < -0.39 is 89.9 Å². The number of nitrogens with one attached hydrogen (secondary N) is 6. The van der Waals surface area contributed by atoms with Crippen molar-refractivity contribution in [1.29, 1.82) is 0 Å². The number of rotatable bonds is 27. The van der Waals surface area contributed by atoms with Crippen LogP contribution in [0.3, 0.4) is 0 Å². The smallest absolute Gasteiger partial charge is 0.317 e. The highest BCUT2D eigenvalue weighted by molar-refractivity contribution is 6.08. The first-order valence-electron chi connectivity index (χ1n) is 27.3. The van der Waals surface area contributed by atoms with Crippen molar-refractivity contribution in [2.45, 2.75) is 121 Å². The second-order valence-corrected chi connectivity index (χ2v) is 21.1. The van der Waals surface area contributed by atoms with E-state index in [1.54, 1.807) is 0 Å². The van der Waals surface area contributed by atoms with Crippen molar-refractivity contribution in [3.63, 3.8) is 0 Å². The Morgan fingerprint density at radius 1 is 0.705 bits per heavy atom. The summed E-state index contributed by atoms with van der Waals surface area (Å²) < 4.78 is 4.78. The monoisotopic (exact) mass is 1100 g/mol. The molecule has 1 aromatic rings. The molecule has 0 aromatic heterocycles. The van der Waals surface area contributed by atoms with Crippen molar-refractivity contribution in [3.05, 3.63) is 29.3 Å². The van der Waals surface area contributed by atoms with E-state index in [2.05, 4.69) is 36.8 Å². The lowest BCUT2D eigenvalue weighted by Gasteiger charge is -2.35. The van der Waals surface area contributed by atoms with Gasteiger partial charge in [-0.3, -0.25) is 67.5 Å². The number of aliphatic hydroxyl groups excluding tert-OH is 1. The molecule has 26 nitrogen and oxygen atoms in total. The summed E-state index contributed by atoms with van der Waals surface area (Å²) in [6, 6.07) is 0.853. The zero-order chi connectivity index (χ0) is 56.5. The topological polar surface area (TPSA) is 349 Å². The molecule has 3 fully saturated rings. The van der Waals surface area contributed by atoms with Crippen LogP contribution in [0.25, 0.3) is 0 Å². The first kappa shape index (κ1) is 60.9. The number of amides is 6. The minimum Gasteiger partial charge on any atom is -0.481 e. The molecule has 6 amide bonds. The van der Waals surface area contributed by atoms with Crippen molar-refractivity contribution in [1.82, 2.24) is 51.5 Å². The predicted octanol–water partition coefficient (Wildman–Crippen LogP) is -2.71. The number of carbonyl (C=O) groups is 10. The molecule has 6 rings (SSSR count). The van der Waals surface area contributed by atoms with E-state index in [1.165, 1.54) is 4.90 Å². The largest absolute Gasteiger partial charge is 0.481 e. The minimum atomic E-state index is -1.50. The number of piperidine rings is 1. The Hall–Kier alpha value is -6.32. The highest BCUT2D eigenvalue weighted by atomic mass is 16.6. The molecule has 1 unspecified atom stereocenters. The normalized spacial score (nSPS) is 22.8. The molecule has 5 heterocycles. The number of nitrogens with zero attached hydrogens (tertiary/aromatic N) is 5. The van der Waals surface area contributed by atoms with Gasteiger partial charge in [0.05, 0.1) is 37.8 Å². The molecule has 3 saturated heterocycles. The number of likely N-dealkylation sites (tertiary alicyclic amines) is 1. The number of carboxylic acids is 3. The Morgan fingerprint density at radius 3 is 1.96 bits per heavy atom. The third kappa shape index (κ3) is 18.1. The number of esters is 1. The molecule has 10 N–H and O–H groups in total. The molecule has 0 spiro atoms. The lowest BCUT2D eigenvalue weighted by atomic mass is 9.96. The van der Waals surface area contributed by atoms with Gasteiger partial charge in [-0.2, -0.15) is 0 Å². The minimum absolute atomic E-state index is 0.00480. The molecule has 0 bridgehead atoms. The van der Waals surface area contributed by atoms with Crippen LogP contribution in [0.1, 0.15) is 82.8 Å². The van der Waals surface area contributed by atoms with Crippen molar-refractivity contribution in [2.24, 2.45) is 11.8 Å². The van der Waals surface area contributed by atoms with Crippen molar-refractivity contribution in [2.75, 3.05) is 103 Å². The SMILES string of the molecule is CC[C@H](C)[C@H](NCCCNC(=O)CCNC(=O)[C@@H](CCC(=O)O)NC(=O)CN1CCC(CN2CCN(CC(=O)O)CCN(CC(=O)O)CC2)CC1)C(=O)N[C@H]1CCc2cccc3c2N(C1=O)[C@H](C(=O)N[C@H]1CC(=O)OC1O)C3. The van der Waals surface area contributed by atoms with Crippen molar-refractivity contribution >= 4 is 65.0 Å². The highest BCUT2D eigenvalue weighted by Gasteiger charge is 2.46. The number of aryl methyl sites for hydroxylation is 1. The number of aliphatic hydroxyl groups is 1. The number of cyclic esters (lactones) is 1. The molecule has 7 atom stereocenters. The number of ether oxygens (including phenoxy) is 1. The van der Waals surface area contributed by atoms with Crippen LogP contribution in [0.2, 0.25) is 0 Å². The van der Waals surface area contributed by atoms with Crippen LogP contribution in [-0.4, -0.2) is 234 Å². The van der Waals surface area contributed by atoms with Crippen molar-refractivity contribution < 1.29 is 73.1 Å². The van der Waals surface area contributed by atoms with Gasteiger partial charge in [0.25, 0.3) is 0 Å². The van der Waals surface area contributed by atoms with Gasteiger partial charge in [0.2, 0.25) is 41.7 Å². The van der Waals surface area contributed by atoms with Crippen LogP contribution in [0.4, 0.5) is 5.69 Å². The number of aliphatic carboxylic acids is 3. The van der Waals surface area contributed by atoms with Crippen LogP contribution < -0.4 is 36.8 Å². The van der Waals surface area contributed by atoms with Gasteiger partial charge in [-0.25, -0.2) is 0 Å². The first-order valence-corrected chi connectivity index (χ1v) is 27.3. The van der Waals surface area contributed by atoms with Crippen LogP contribution in [0.5, 0.6) is 0 Å². The predicted molar refractivity (Wildman–Crippen MR) is 279 cm³/mol. The van der Waals surface area contributed by atoms with E-state index in [0.717, 1.165) is 30.5 Å². The van der Waals surface area contributed by atoms with Gasteiger partial charge in [-0.05, 0) is 81.1 Å². The molecule has 0 saturated carbocycles. The second kappa shape index (κ2) is 29.6. The number of carbonyl (C=O) groups excluding carboxylic acids is 7. The highest BCUT2D eigenvalue weighted by Crippen LogP contribution is 2.39. The summed E-state index contributed by atoms with van der Waals surface area (Å²) >= 11 is 0. The maximum atomic E-state index is 14.3. The van der Waals surface area contributed by atoms with Crippen molar-refractivity contribution in [3.8, 4) is 0 Å². The average Bonchev–Trinajstić information content (AvgIpc) is 4.18. The van der Waals surface area contributed by atoms with Gasteiger partial charge >= 0.3 is 23.9 Å². The summed E-state index contributed by atoms with van der Waals surface area (Å²) in [6.45, 7) is 9.29. The van der Waals surface area contributed by atoms with E-state index >= 15 is 0 Å². The standard InChI is InChI=1S/C52H79N11O15/c1-3-32(2)46(50(75)57-37-9-8-34-6-4-7-35-26-39(63(47(34)35)51(37)76)49(74)58-38-27-45(72)78-52(38)77)54-16-5-15-53-40(64)12-17-55-48(73)36(10-11-42(66)67)56-41(65)29-59-18-13-33(14-19-59)28-60-20-22-61(30-43(68)69)24-25-62(23-21-60)31-44(70)71/h4,6-7,32-33,36-39,46,52,54,77H,3,5,8-31H2,1-2H3,(H,53,64)(H,55,73)(H,56,65)(H,57,75)(H,58,74)(H,66,67)(H,68,69)(H,70,71)/t32-,36+,37-,38-,39-,46-,52?/m0/s1. The Labute approximate surface area is 453 Å². The lowest BCUT2D eigenvalue weighted by Crippen LogP contribution is -2.58. The van der Waals surface area contributed by atoms with Crippen LogP contribution in [0, 0.1) is 11.8 Å². The Kier molecular flexibility index (Phi) is 23.1. The molecule has 0 aliphatic carbocycles. The van der Waals surface area contributed by atoms with E-state index in [-0.39, 0.29) is 83.1 Å². The van der Waals surface area contributed by atoms with Crippen LogP contribution in [0.15, 0.2) is 18.2 Å².